The third-order valence-electron chi connectivity index (χ3n) is 4.79. The van der Waals surface area contributed by atoms with Gasteiger partial charge in [0.05, 0.1) is 16.2 Å². The molecule has 0 unspecified atom stereocenters. The molecule has 1 heterocycles. The monoisotopic (exact) mass is 456 g/mol. The highest BCUT2D eigenvalue weighted by Gasteiger charge is 2.40. The highest BCUT2D eigenvalue weighted by molar-refractivity contribution is 7.91. The van der Waals surface area contributed by atoms with Gasteiger partial charge in [0.1, 0.15) is 0 Å². The van der Waals surface area contributed by atoms with Gasteiger partial charge in [0.2, 0.25) is 15.9 Å². The molecule has 12 heteroatoms. The number of benzene rings is 1. The SMILES string of the molecule is CCS(=O)(=O)CCNC(=O)C1CCN(S(=O)(=O)c2ccccc2C(F)(F)F)CC1. The van der Waals surface area contributed by atoms with Crippen LogP contribution in [0.15, 0.2) is 29.2 Å². The van der Waals surface area contributed by atoms with E-state index < -0.39 is 42.4 Å². The fraction of sp³-hybridized carbons (Fsp3) is 0.588. The van der Waals surface area contributed by atoms with E-state index in [9.17, 15) is 34.8 Å². The van der Waals surface area contributed by atoms with Crippen molar-refractivity contribution in [2.75, 3.05) is 31.1 Å². The van der Waals surface area contributed by atoms with Gasteiger partial charge in [-0.25, -0.2) is 16.8 Å². The van der Waals surface area contributed by atoms with E-state index in [-0.39, 0.29) is 49.9 Å². The summed E-state index contributed by atoms with van der Waals surface area (Å²) in [5, 5.41) is 2.52. The maximum Gasteiger partial charge on any atom is 0.417 e. The molecule has 1 amide bonds. The minimum Gasteiger partial charge on any atom is -0.355 e. The molecule has 0 aromatic heterocycles. The van der Waals surface area contributed by atoms with Crippen molar-refractivity contribution < 1.29 is 34.8 Å². The maximum absolute atomic E-state index is 13.2. The van der Waals surface area contributed by atoms with Gasteiger partial charge in [-0.3, -0.25) is 4.79 Å². The average molecular weight is 457 g/mol. The third kappa shape index (κ3) is 5.92. The molecule has 0 radical (unpaired) electrons. The van der Waals surface area contributed by atoms with E-state index in [1.165, 1.54) is 13.0 Å². The zero-order valence-corrected chi connectivity index (χ0v) is 17.4. The summed E-state index contributed by atoms with van der Waals surface area (Å²) in [6.07, 6.45) is -4.53. The van der Waals surface area contributed by atoms with Crippen LogP contribution >= 0.6 is 0 Å². The molecule has 1 aromatic carbocycles. The van der Waals surface area contributed by atoms with Crippen LogP contribution in [0.3, 0.4) is 0 Å². The number of amides is 1. The molecule has 0 aliphatic carbocycles. The second-order valence-electron chi connectivity index (χ2n) is 6.70. The van der Waals surface area contributed by atoms with Crippen molar-refractivity contribution in [3.8, 4) is 0 Å². The van der Waals surface area contributed by atoms with Crippen LogP contribution in [0, 0.1) is 5.92 Å². The van der Waals surface area contributed by atoms with E-state index in [0.29, 0.717) is 0 Å². The molecule has 2 rings (SSSR count). The number of piperidine rings is 1. The first kappa shape index (κ1) is 23.6. The average Bonchev–Trinajstić information content (AvgIpc) is 2.67. The van der Waals surface area contributed by atoms with Crippen molar-refractivity contribution >= 4 is 25.8 Å². The van der Waals surface area contributed by atoms with Gasteiger partial charge in [-0.2, -0.15) is 17.5 Å². The smallest absolute Gasteiger partial charge is 0.355 e. The second kappa shape index (κ2) is 9.00. The van der Waals surface area contributed by atoms with Crippen molar-refractivity contribution in [3.63, 3.8) is 0 Å². The number of nitrogens with one attached hydrogen (secondary N) is 1. The van der Waals surface area contributed by atoms with Crippen LogP contribution < -0.4 is 5.32 Å². The van der Waals surface area contributed by atoms with Gasteiger partial charge in [0.25, 0.3) is 0 Å². The van der Waals surface area contributed by atoms with Crippen molar-refractivity contribution in [1.82, 2.24) is 9.62 Å². The van der Waals surface area contributed by atoms with E-state index in [2.05, 4.69) is 5.32 Å². The Morgan fingerprint density at radius 2 is 1.72 bits per heavy atom. The molecule has 1 aliphatic rings. The maximum atomic E-state index is 13.2. The lowest BCUT2D eigenvalue weighted by molar-refractivity contribution is -0.139. The van der Waals surface area contributed by atoms with Crippen LogP contribution in [0.2, 0.25) is 0 Å². The molecule has 0 spiro atoms. The minimum atomic E-state index is -4.80. The number of alkyl halides is 3. The Bertz CT molecular complexity index is 938. The number of rotatable bonds is 7. The molecular weight excluding hydrogens is 433 g/mol. The highest BCUT2D eigenvalue weighted by atomic mass is 32.2. The van der Waals surface area contributed by atoms with E-state index in [1.807, 2.05) is 0 Å². The Hall–Kier alpha value is -1.66. The zero-order chi connectivity index (χ0) is 21.9. The number of carbonyl (C=O) groups excluding carboxylic acids is 1. The molecule has 0 bridgehead atoms. The van der Waals surface area contributed by atoms with Gasteiger partial charge in [-0.1, -0.05) is 19.1 Å². The van der Waals surface area contributed by atoms with Crippen LogP contribution in [0.1, 0.15) is 25.3 Å². The van der Waals surface area contributed by atoms with Crippen LogP contribution in [0.4, 0.5) is 13.2 Å². The summed E-state index contributed by atoms with van der Waals surface area (Å²) in [6.45, 7) is 1.27. The molecule has 1 aromatic rings. The first-order valence-corrected chi connectivity index (χ1v) is 12.3. The summed E-state index contributed by atoms with van der Waals surface area (Å²) in [4.78, 5) is 11.4. The number of carbonyl (C=O) groups is 1. The number of nitrogens with zero attached hydrogens (tertiary/aromatic N) is 1. The normalized spacial score (nSPS) is 17.2. The molecule has 164 valence electrons. The molecular formula is C17H23F3N2O5S2. The summed E-state index contributed by atoms with van der Waals surface area (Å²) in [7, 11) is -7.58. The number of halogens is 3. The predicted molar refractivity (Wildman–Crippen MR) is 100 cm³/mol. The lowest BCUT2D eigenvalue weighted by Gasteiger charge is -2.31. The molecule has 0 atom stereocenters. The van der Waals surface area contributed by atoms with E-state index in [1.54, 1.807) is 0 Å². The Kier molecular flexibility index (Phi) is 7.33. The Morgan fingerprint density at radius 3 is 2.28 bits per heavy atom. The summed E-state index contributed by atoms with van der Waals surface area (Å²) in [6, 6.07) is 3.99. The number of hydrogen-bond donors (Lipinski definition) is 1. The molecule has 1 saturated heterocycles. The molecule has 7 nitrogen and oxygen atoms in total. The van der Waals surface area contributed by atoms with Gasteiger partial charge in [-0.15, -0.1) is 0 Å². The summed E-state index contributed by atoms with van der Waals surface area (Å²) < 4.78 is 88.7. The Morgan fingerprint density at radius 1 is 1.14 bits per heavy atom. The van der Waals surface area contributed by atoms with E-state index in [0.717, 1.165) is 22.5 Å². The van der Waals surface area contributed by atoms with Gasteiger partial charge >= 0.3 is 6.18 Å². The Balaban J connectivity index is 2.01. The first-order valence-electron chi connectivity index (χ1n) is 9.03. The Labute approximate surface area is 168 Å². The molecule has 29 heavy (non-hydrogen) atoms. The van der Waals surface area contributed by atoms with Gasteiger partial charge < -0.3 is 5.32 Å². The van der Waals surface area contributed by atoms with Gasteiger partial charge in [-0.05, 0) is 25.0 Å². The quantitative estimate of drug-likeness (QED) is 0.673. The second-order valence-corrected chi connectivity index (χ2v) is 11.1. The summed E-state index contributed by atoms with van der Waals surface area (Å²) in [5.74, 6) is -1.12. The van der Waals surface area contributed by atoms with Crippen molar-refractivity contribution in [2.24, 2.45) is 5.92 Å². The van der Waals surface area contributed by atoms with Gasteiger partial charge in [0, 0.05) is 31.3 Å². The van der Waals surface area contributed by atoms with E-state index >= 15 is 0 Å². The molecule has 1 aliphatic heterocycles. The van der Waals surface area contributed by atoms with E-state index in [4.69, 9.17) is 0 Å². The van der Waals surface area contributed by atoms with Gasteiger partial charge in [0.15, 0.2) is 9.84 Å². The summed E-state index contributed by atoms with van der Waals surface area (Å²) in [5.41, 5.74) is -1.23. The van der Waals surface area contributed by atoms with Crippen LogP contribution in [0.25, 0.3) is 0 Å². The predicted octanol–water partition coefficient (Wildman–Crippen LogP) is 1.66. The number of hydrogen-bond acceptors (Lipinski definition) is 5. The largest absolute Gasteiger partial charge is 0.417 e. The number of sulfonamides is 1. The van der Waals surface area contributed by atoms with Crippen molar-refractivity contribution in [2.45, 2.75) is 30.8 Å². The fourth-order valence-corrected chi connectivity index (χ4v) is 5.43. The molecule has 0 saturated carbocycles. The van der Waals surface area contributed by atoms with Crippen LogP contribution in [-0.2, 0) is 30.8 Å². The van der Waals surface area contributed by atoms with Crippen LogP contribution in [0.5, 0.6) is 0 Å². The highest BCUT2D eigenvalue weighted by Crippen LogP contribution is 2.36. The topological polar surface area (TPSA) is 101 Å². The minimum absolute atomic E-state index is 0.0292. The third-order valence-corrected chi connectivity index (χ3v) is 8.45. The lowest BCUT2D eigenvalue weighted by atomic mass is 9.97. The number of sulfone groups is 1. The van der Waals surface area contributed by atoms with Crippen LogP contribution in [-0.4, -0.2) is 58.2 Å². The zero-order valence-electron chi connectivity index (χ0n) is 15.8. The standard InChI is InChI=1S/C17H23F3N2O5S2/c1-2-28(24,25)12-9-21-16(23)13-7-10-22(11-8-13)29(26,27)15-6-4-3-5-14(15)17(18,19)20/h3-6,13H,2,7-12H2,1H3,(H,21,23). The molecule has 1 N–H and O–H groups in total. The van der Waals surface area contributed by atoms with Crippen molar-refractivity contribution in [3.05, 3.63) is 29.8 Å². The summed E-state index contributed by atoms with van der Waals surface area (Å²) >= 11 is 0. The molecule has 1 fully saturated rings. The van der Waals surface area contributed by atoms with Crippen molar-refractivity contribution in [1.29, 1.82) is 0 Å². The first-order chi connectivity index (χ1) is 13.4. The fourth-order valence-electron chi connectivity index (χ4n) is 3.04. The lowest BCUT2D eigenvalue weighted by Crippen LogP contribution is -2.44.